The van der Waals surface area contributed by atoms with E-state index in [0.717, 1.165) is 29.0 Å². The second-order valence-corrected chi connectivity index (χ2v) is 7.78. The van der Waals surface area contributed by atoms with Crippen LogP contribution >= 0.6 is 11.3 Å². The molecule has 4 rings (SSSR count). The number of alkyl halides is 3. The van der Waals surface area contributed by atoms with Crippen molar-refractivity contribution >= 4 is 39.3 Å². The van der Waals surface area contributed by atoms with E-state index in [4.69, 9.17) is 9.15 Å². The monoisotopic (exact) mass is 460 g/mol. The summed E-state index contributed by atoms with van der Waals surface area (Å²) in [6.07, 6.45) is -4.51. The Balaban J connectivity index is 1.75. The van der Waals surface area contributed by atoms with Gasteiger partial charge in [-0.1, -0.05) is 12.1 Å². The number of carbonyl (C=O) groups is 2. The lowest BCUT2D eigenvalue weighted by Gasteiger charge is -2.08. The van der Waals surface area contributed by atoms with Crippen LogP contribution in [-0.4, -0.2) is 24.0 Å². The van der Waals surface area contributed by atoms with Gasteiger partial charge in [-0.05, 0) is 43.3 Å². The number of fused-ring (bicyclic) bond motifs is 1. The zero-order chi connectivity index (χ0) is 23.0. The van der Waals surface area contributed by atoms with E-state index in [9.17, 15) is 22.8 Å². The minimum Gasteiger partial charge on any atom is -0.465 e. The molecule has 2 aromatic heterocycles. The van der Waals surface area contributed by atoms with E-state index in [1.165, 1.54) is 25.4 Å². The number of thiazole rings is 1. The molecule has 1 N–H and O–H groups in total. The number of anilines is 1. The molecule has 1 amide bonds. The largest absolute Gasteiger partial charge is 0.465 e. The summed E-state index contributed by atoms with van der Waals surface area (Å²) >= 11 is 1.29. The molecule has 0 saturated carbocycles. The fraction of sp³-hybridized carbons (Fsp3) is 0.136. The number of hydrogen-bond donors (Lipinski definition) is 1. The summed E-state index contributed by atoms with van der Waals surface area (Å²) in [5.74, 6) is -1.22. The number of nitrogens with one attached hydrogen (secondary N) is 1. The van der Waals surface area contributed by atoms with E-state index in [1.807, 2.05) is 18.2 Å². The van der Waals surface area contributed by atoms with E-state index in [1.54, 1.807) is 6.07 Å². The van der Waals surface area contributed by atoms with Crippen molar-refractivity contribution < 1.29 is 31.9 Å². The highest BCUT2D eigenvalue weighted by Gasteiger charge is 2.31. The molecule has 2 heterocycles. The number of rotatable bonds is 4. The maximum absolute atomic E-state index is 12.8. The highest BCUT2D eigenvalue weighted by molar-refractivity contribution is 7.21. The fourth-order valence-corrected chi connectivity index (χ4v) is 4.16. The molecule has 0 atom stereocenters. The van der Waals surface area contributed by atoms with Gasteiger partial charge < -0.3 is 9.15 Å². The molecule has 10 heteroatoms. The van der Waals surface area contributed by atoms with Crippen LogP contribution in [0.1, 0.15) is 32.0 Å². The summed E-state index contributed by atoms with van der Waals surface area (Å²) in [4.78, 5) is 29.7. The molecule has 0 aliphatic rings. The summed E-state index contributed by atoms with van der Waals surface area (Å²) < 4.78 is 49.7. The van der Waals surface area contributed by atoms with Gasteiger partial charge in [0.1, 0.15) is 16.3 Å². The van der Waals surface area contributed by atoms with Crippen LogP contribution in [0.25, 0.3) is 20.8 Å². The first kappa shape index (κ1) is 21.6. The Kier molecular flexibility index (Phi) is 5.47. The maximum atomic E-state index is 12.8. The lowest BCUT2D eigenvalue weighted by molar-refractivity contribution is -0.137. The second-order valence-electron chi connectivity index (χ2n) is 6.74. The Morgan fingerprint density at radius 1 is 1.09 bits per heavy atom. The number of amides is 1. The summed E-state index contributed by atoms with van der Waals surface area (Å²) in [6, 6.07) is 11.1. The number of hydrogen-bond acceptors (Lipinski definition) is 6. The Hall–Kier alpha value is -3.66. The summed E-state index contributed by atoms with van der Waals surface area (Å²) in [6.45, 7) is 1.54. The number of aryl methyl sites for hydroxylation is 1. The number of benzene rings is 2. The SMILES string of the molecule is COC(=O)c1c(C)oc(NC(=O)c2ccc(C(F)(F)F)cc2)c1-c1nc2ccccc2s1. The van der Waals surface area contributed by atoms with Crippen molar-refractivity contribution in [2.24, 2.45) is 0 Å². The fourth-order valence-electron chi connectivity index (χ4n) is 3.15. The normalized spacial score (nSPS) is 11.5. The molecule has 0 unspecified atom stereocenters. The predicted octanol–water partition coefficient (Wildman–Crippen LogP) is 5.92. The van der Waals surface area contributed by atoms with Gasteiger partial charge in [0.25, 0.3) is 5.91 Å². The first-order valence-corrected chi connectivity index (χ1v) is 10.1. The molecule has 0 spiro atoms. The number of nitrogens with zero attached hydrogens (tertiary/aromatic N) is 1. The number of halogens is 3. The van der Waals surface area contributed by atoms with E-state index in [-0.39, 0.29) is 28.3 Å². The number of ether oxygens (including phenoxy) is 1. The first-order valence-electron chi connectivity index (χ1n) is 9.25. The van der Waals surface area contributed by atoms with Gasteiger partial charge in [0, 0.05) is 5.56 Å². The van der Waals surface area contributed by atoms with E-state index < -0.39 is 23.6 Å². The van der Waals surface area contributed by atoms with Gasteiger partial charge in [-0.25, -0.2) is 9.78 Å². The van der Waals surface area contributed by atoms with Gasteiger partial charge in [-0.3, -0.25) is 10.1 Å². The molecular weight excluding hydrogens is 445 g/mol. The van der Waals surface area contributed by atoms with Gasteiger partial charge in [-0.2, -0.15) is 13.2 Å². The number of para-hydroxylation sites is 1. The van der Waals surface area contributed by atoms with Crippen LogP contribution in [0.4, 0.5) is 19.1 Å². The summed E-state index contributed by atoms with van der Waals surface area (Å²) in [5, 5.41) is 2.96. The third-order valence-electron chi connectivity index (χ3n) is 4.68. The van der Waals surface area contributed by atoms with Crippen LogP contribution in [0.2, 0.25) is 0 Å². The van der Waals surface area contributed by atoms with Crippen molar-refractivity contribution in [1.82, 2.24) is 4.98 Å². The maximum Gasteiger partial charge on any atom is 0.416 e. The molecular formula is C22H15F3N2O4S. The smallest absolute Gasteiger partial charge is 0.416 e. The van der Waals surface area contributed by atoms with E-state index >= 15 is 0 Å². The van der Waals surface area contributed by atoms with Crippen LogP contribution < -0.4 is 5.32 Å². The van der Waals surface area contributed by atoms with Crippen molar-refractivity contribution in [1.29, 1.82) is 0 Å². The third-order valence-corrected chi connectivity index (χ3v) is 5.74. The molecule has 0 aliphatic carbocycles. The van der Waals surface area contributed by atoms with Crippen molar-refractivity contribution in [2.75, 3.05) is 12.4 Å². The Morgan fingerprint density at radius 2 is 1.78 bits per heavy atom. The molecule has 0 bridgehead atoms. The molecule has 6 nitrogen and oxygen atoms in total. The number of carbonyl (C=O) groups excluding carboxylic acids is 2. The van der Waals surface area contributed by atoms with Crippen molar-refractivity contribution in [2.45, 2.75) is 13.1 Å². The molecule has 0 saturated heterocycles. The molecule has 0 aliphatic heterocycles. The molecule has 164 valence electrons. The third kappa shape index (κ3) is 3.96. The van der Waals surface area contributed by atoms with Gasteiger partial charge in [0.05, 0.1) is 28.5 Å². The molecule has 32 heavy (non-hydrogen) atoms. The second kappa shape index (κ2) is 8.12. The van der Waals surface area contributed by atoms with Gasteiger partial charge in [0.15, 0.2) is 0 Å². The quantitative estimate of drug-likeness (QED) is 0.382. The number of furan rings is 1. The first-order chi connectivity index (χ1) is 15.2. The van der Waals surface area contributed by atoms with Crippen molar-refractivity contribution in [3.05, 3.63) is 71.0 Å². The lowest BCUT2D eigenvalue weighted by Crippen LogP contribution is -2.13. The topological polar surface area (TPSA) is 81.4 Å². The average molecular weight is 460 g/mol. The minimum atomic E-state index is -4.51. The number of aromatic nitrogens is 1. The molecule has 4 aromatic rings. The molecule has 0 radical (unpaired) electrons. The molecule has 0 fully saturated rings. The molecule has 2 aromatic carbocycles. The highest BCUT2D eigenvalue weighted by Crippen LogP contribution is 2.41. The van der Waals surface area contributed by atoms with Crippen LogP contribution in [0, 0.1) is 6.92 Å². The van der Waals surface area contributed by atoms with Crippen LogP contribution in [0.5, 0.6) is 0 Å². The van der Waals surface area contributed by atoms with E-state index in [0.29, 0.717) is 10.5 Å². The number of esters is 1. The van der Waals surface area contributed by atoms with Crippen LogP contribution in [0.15, 0.2) is 52.9 Å². The predicted molar refractivity (Wildman–Crippen MR) is 113 cm³/mol. The minimum absolute atomic E-state index is 0.0121. The van der Waals surface area contributed by atoms with E-state index in [2.05, 4.69) is 10.3 Å². The standard InChI is InChI=1S/C22H15F3N2O4S/c1-11-16(21(29)30-2)17(20-26-14-5-3-4-6-15(14)32-20)19(31-11)27-18(28)12-7-9-13(10-8-12)22(23,24)25/h3-10H,1-2H3,(H,27,28). The summed E-state index contributed by atoms with van der Waals surface area (Å²) in [5.41, 5.74) is 0.167. The van der Waals surface area contributed by atoms with Crippen molar-refractivity contribution in [3.63, 3.8) is 0 Å². The van der Waals surface area contributed by atoms with Gasteiger partial charge in [-0.15, -0.1) is 11.3 Å². The van der Waals surface area contributed by atoms with Gasteiger partial charge >= 0.3 is 12.1 Å². The zero-order valence-electron chi connectivity index (χ0n) is 16.7. The van der Waals surface area contributed by atoms with Gasteiger partial charge in [0.2, 0.25) is 5.88 Å². The van der Waals surface area contributed by atoms with Crippen LogP contribution in [-0.2, 0) is 10.9 Å². The summed E-state index contributed by atoms with van der Waals surface area (Å²) in [7, 11) is 1.22. The Morgan fingerprint density at radius 3 is 2.41 bits per heavy atom. The Bertz CT molecular complexity index is 1290. The van der Waals surface area contributed by atoms with Crippen LogP contribution in [0.3, 0.4) is 0 Å². The average Bonchev–Trinajstić information content (AvgIpc) is 3.32. The zero-order valence-corrected chi connectivity index (χ0v) is 17.6. The Labute approximate surface area is 183 Å². The lowest BCUT2D eigenvalue weighted by atomic mass is 10.1. The number of methoxy groups -OCH3 is 1. The van der Waals surface area contributed by atoms with Crippen molar-refractivity contribution in [3.8, 4) is 10.6 Å². The highest BCUT2D eigenvalue weighted by atomic mass is 32.1.